The van der Waals surface area contributed by atoms with Crippen molar-refractivity contribution in [1.82, 2.24) is 20.0 Å². The highest BCUT2D eigenvalue weighted by Crippen LogP contribution is 2.59. The molecule has 11 nitrogen and oxygen atoms in total. The van der Waals surface area contributed by atoms with Crippen molar-refractivity contribution >= 4 is 42.0 Å². The van der Waals surface area contributed by atoms with Crippen LogP contribution in [-0.4, -0.2) is 85.9 Å². The summed E-state index contributed by atoms with van der Waals surface area (Å²) in [6.07, 6.45) is 2.24. The lowest BCUT2D eigenvalue weighted by Crippen LogP contribution is -2.61. The van der Waals surface area contributed by atoms with E-state index in [1.807, 2.05) is 24.3 Å². The maximum absolute atomic E-state index is 14.4. The Morgan fingerprint density at radius 2 is 1.64 bits per heavy atom. The molecule has 0 spiro atoms. The lowest BCUT2D eigenvalue weighted by atomic mass is 9.99. The third kappa shape index (κ3) is 6.27. The first kappa shape index (κ1) is 32.7. The molecule has 6 rings (SSSR count). The smallest absolute Gasteiger partial charge is 0.340 e. The van der Waals surface area contributed by atoms with E-state index in [9.17, 15) is 32.5 Å². The minimum Gasteiger partial charge on any atom is -0.340 e. The predicted molar refractivity (Wildman–Crippen MR) is 167 cm³/mol. The van der Waals surface area contributed by atoms with Gasteiger partial charge in [0.15, 0.2) is 0 Å². The number of carbonyl (C=O) groups is 4. The van der Waals surface area contributed by atoms with Crippen LogP contribution in [0.1, 0.15) is 53.2 Å². The third-order valence-electron chi connectivity index (χ3n) is 9.48. The van der Waals surface area contributed by atoms with E-state index in [1.54, 1.807) is 9.80 Å². The first-order valence-electron chi connectivity index (χ1n) is 15.5. The maximum atomic E-state index is 14.4. The number of halogens is 2. The van der Waals surface area contributed by atoms with Crippen molar-refractivity contribution in [2.75, 3.05) is 19.6 Å². The molecular weight excluding hydrogens is 633 g/mol. The second-order valence-corrected chi connectivity index (χ2v) is 14.1. The first-order valence-corrected chi connectivity index (χ1v) is 17.1. The SMILES string of the molecule is CC(=O)N1CC[C@H]2CC[C@@H](C(=O)N3CCc4ccccc4C3)N2C(=O)[C@@H](NC(=O)c2ccc3ccc(C(F)(F)P(=O)(O)O)cc3c2)C1. The van der Waals surface area contributed by atoms with Crippen molar-refractivity contribution < 1.29 is 42.3 Å². The Hall–Kier alpha value is -4.19. The monoisotopic (exact) mass is 668 g/mol. The minimum atomic E-state index is -5.81. The fourth-order valence-electron chi connectivity index (χ4n) is 6.89. The largest absolute Gasteiger partial charge is 0.399 e. The van der Waals surface area contributed by atoms with Gasteiger partial charge in [-0.15, -0.1) is 0 Å². The topological polar surface area (TPSA) is 148 Å². The van der Waals surface area contributed by atoms with Crippen molar-refractivity contribution in [2.45, 2.75) is 62.9 Å². The Labute approximate surface area is 269 Å². The van der Waals surface area contributed by atoms with Gasteiger partial charge >= 0.3 is 13.3 Å². The van der Waals surface area contributed by atoms with Gasteiger partial charge in [0.05, 0.1) is 0 Å². The number of hydrogen-bond acceptors (Lipinski definition) is 5. The van der Waals surface area contributed by atoms with Gasteiger partial charge in [0, 0.05) is 50.3 Å². The molecule has 248 valence electrons. The zero-order chi connectivity index (χ0) is 33.7. The molecule has 3 heterocycles. The minimum absolute atomic E-state index is 0.0101. The molecule has 3 aliphatic rings. The summed E-state index contributed by atoms with van der Waals surface area (Å²) in [6, 6.07) is 13.1. The van der Waals surface area contributed by atoms with Crippen molar-refractivity contribution in [3.05, 3.63) is 82.9 Å². The number of alkyl halides is 2. The highest BCUT2D eigenvalue weighted by molar-refractivity contribution is 7.52. The molecule has 0 aliphatic carbocycles. The Bertz CT molecular complexity index is 1810. The summed E-state index contributed by atoms with van der Waals surface area (Å²) in [4.78, 5) is 77.3. The zero-order valence-corrected chi connectivity index (χ0v) is 26.5. The molecule has 4 amide bonds. The molecule has 0 saturated carbocycles. The van der Waals surface area contributed by atoms with Gasteiger partial charge in [0.25, 0.3) is 5.91 Å². The van der Waals surface area contributed by atoms with E-state index in [4.69, 9.17) is 9.79 Å². The molecule has 3 aromatic rings. The van der Waals surface area contributed by atoms with E-state index in [1.165, 1.54) is 41.7 Å². The summed E-state index contributed by atoms with van der Waals surface area (Å²) in [7, 11) is -5.81. The lowest BCUT2D eigenvalue weighted by molar-refractivity contribution is -0.149. The van der Waals surface area contributed by atoms with Gasteiger partial charge in [-0.3, -0.25) is 23.7 Å². The number of hydrogen-bond donors (Lipinski definition) is 3. The Kier molecular flexibility index (Phi) is 8.67. The molecule has 2 fully saturated rings. The summed E-state index contributed by atoms with van der Waals surface area (Å²) in [5, 5.41) is 3.29. The molecule has 3 N–H and O–H groups in total. The van der Waals surface area contributed by atoms with Crippen LogP contribution in [0.15, 0.2) is 60.7 Å². The standard InChI is InChI=1S/C33H35F2N4O7P/c1-20(40)37-15-13-27-10-11-29(32(43)38-14-12-21-4-2-3-5-24(21)18-38)39(27)31(42)28(19-37)36-30(41)23-7-6-22-8-9-26(17-25(22)16-23)33(34,35)47(44,45)46/h2-9,16-17,27-29H,10-15,18-19H2,1H3,(H,36,41)(H2,44,45,46)/t27-,28+,29+/m1/s1. The molecule has 3 atom stereocenters. The fraction of sp³-hybridized carbons (Fsp3) is 0.394. The van der Waals surface area contributed by atoms with E-state index in [0.717, 1.165) is 17.7 Å². The van der Waals surface area contributed by atoms with E-state index in [0.29, 0.717) is 50.7 Å². The van der Waals surface area contributed by atoms with Crippen LogP contribution in [-0.2, 0) is 37.6 Å². The van der Waals surface area contributed by atoms with Crippen molar-refractivity contribution in [1.29, 1.82) is 0 Å². The van der Waals surface area contributed by atoms with Crippen LogP contribution in [0.4, 0.5) is 8.78 Å². The lowest BCUT2D eigenvalue weighted by Gasteiger charge is -2.40. The quantitative estimate of drug-likeness (QED) is 0.354. The van der Waals surface area contributed by atoms with Crippen LogP contribution in [0.25, 0.3) is 10.8 Å². The molecule has 0 radical (unpaired) electrons. The van der Waals surface area contributed by atoms with Crippen LogP contribution in [0.3, 0.4) is 0 Å². The van der Waals surface area contributed by atoms with Crippen LogP contribution in [0.2, 0.25) is 0 Å². The first-order chi connectivity index (χ1) is 22.2. The van der Waals surface area contributed by atoms with Gasteiger partial charge in [0.2, 0.25) is 17.7 Å². The normalized spacial score (nSPS) is 21.9. The van der Waals surface area contributed by atoms with Crippen LogP contribution >= 0.6 is 7.60 Å². The van der Waals surface area contributed by atoms with Gasteiger partial charge in [0.1, 0.15) is 12.1 Å². The number of nitrogens with one attached hydrogen (secondary N) is 1. The van der Waals surface area contributed by atoms with Gasteiger partial charge in [-0.25, -0.2) is 0 Å². The Morgan fingerprint density at radius 1 is 0.915 bits per heavy atom. The molecule has 0 unspecified atom stereocenters. The van der Waals surface area contributed by atoms with Gasteiger partial charge in [-0.2, -0.15) is 8.78 Å². The Morgan fingerprint density at radius 3 is 2.36 bits per heavy atom. The second-order valence-electron chi connectivity index (χ2n) is 12.4. The summed E-state index contributed by atoms with van der Waals surface area (Å²) >= 11 is 0. The average molecular weight is 669 g/mol. The number of fused-ring (bicyclic) bond motifs is 3. The molecule has 3 aromatic carbocycles. The number of carbonyl (C=O) groups excluding carboxylic acids is 4. The highest BCUT2D eigenvalue weighted by Gasteiger charge is 2.50. The number of amides is 4. The van der Waals surface area contributed by atoms with Crippen molar-refractivity contribution in [2.24, 2.45) is 0 Å². The molecule has 14 heteroatoms. The molecule has 47 heavy (non-hydrogen) atoms. The molecule has 2 saturated heterocycles. The van der Waals surface area contributed by atoms with Gasteiger partial charge in [-0.05, 0) is 65.8 Å². The number of benzene rings is 3. The molecule has 0 aromatic heterocycles. The third-order valence-corrected chi connectivity index (χ3v) is 10.5. The molecule has 0 bridgehead atoms. The van der Waals surface area contributed by atoms with E-state index < -0.39 is 42.7 Å². The Balaban J connectivity index is 1.26. The summed E-state index contributed by atoms with van der Waals surface area (Å²) in [5.74, 6) is -1.62. The van der Waals surface area contributed by atoms with Crippen LogP contribution < -0.4 is 5.32 Å². The predicted octanol–water partition coefficient (Wildman–Crippen LogP) is 3.36. The second kappa shape index (κ2) is 12.4. The van der Waals surface area contributed by atoms with Gasteiger partial charge < -0.3 is 29.8 Å². The summed E-state index contributed by atoms with van der Waals surface area (Å²) in [6.45, 7) is 2.57. The van der Waals surface area contributed by atoms with E-state index >= 15 is 0 Å². The highest BCUT2D eigenvalue weighted by atomic mass is 31.2. The number of rotatable bonds is 5. The molecule has 3 aliphatic heterocycles. The number of nitrogens with zero attached hydrogens (tertiary/aromatic N) is 3. The van der Waals surface area contributed by atoms with Crippen molar-refractivity contribution in [3.63, 3.8) is 0 Å². The van der Waals surface area contributed by atoms with Crippen LogP contribution in [0.5, 0.6) is 0 Å². The van der Waals surface area contributed by atoms with E-state index in [2.05, 4.69) is 5.32 Å². The molecular formula is C33H35F2N4O7P. The van der Waals surface area contributed by atoms with E-state index in [-0.39, 0.29) is 35.4 Å². The van der Waals surface area contributed by atoms with Crippen molar-refractivity contribution in [3.8, 4) is 0 Å². The fourth-order valence-corrected chi connectivity index (χ4v) is 7.37. The van der Waals surface area contributed by atoms with Crippen LogP contribution in [0, 0.1) is 0 Å². The summed E-state index contributed by atoms with van der Waals surface area (Å²) in [5.41, 5.74) is -3.07. The van der Waals surface area contributed by atoms with Gasteiger partial charge in [-0.1, -0.05) is 42.5 Å². The summed E-state index contributed by atoms with van der Waals surface area (Å²) < 4.78 is 40.2. The average Bonchev–Trinajstić information content (AvgIpc) is 3.46. The zero-order valence-electron chi connectivity index (χ0n) is 25.6. The maximum Gasteiger partial charge on any atom is 0.399 e.